The molecule has 0 aliphatic carbocycles. The number of rotatable bonds is 6. The Morgan fingerprint density at radius 1 is 1.35 bits per heavy atom. The van der Waals surface area contributed by atoms with E-state index in [2.05, 4.69) is 10.4 Å². The second-order valence-electron chi connectivity index (χ2n) is 5.67. The molecule has 1 aromatic rings. The molecule has 0 saturated heterocycles. The highest BCUT2D eigenvalue weighted by atomic mass is 16.6. The fourth-order valence-corrected chi connectivity index (χ4v) is 1.62. The molecule has 1 rings (SSSR count). The Kier molecular flexibility index (Phi) is 5.73. The van der Waals surface area contributed by atoms with Crippen molar-refractivity contribution in [3.8, 4) is 0 Å². The van der Waals surface area contributed by atoms with Gasteiger partial charge in [0.15, 0.2) is 0 Å². The van der Waals surface area contributed by atoms with Gasteiger partial charge in [-0.15, -0.1) is 0 Å². The van der Waals surface area contributed by atoms with Crippen molar-refractivity contribution in [2.24, 2.45) is 7.05 Å². The summed E-state index contributed by atoms with van der Waals surface area (Å²) in [4.78, 5) is 23.0. The van der Waals surface area contributed by atoms with E-state index in [9.17, 15) is 9.59 Å². The average Bonchev–Trinajstić information content (AvgIpc) is 2.70. The van der Waals surface area contributed by atoms with Crippen molar-refractivity contribution in [1.29, 1.82) is 0 Å². The van der Waals surface area contributed by atoms with E-state index in [-0.39, 0.29) is 24.7 Å². The Hall–Kier alpha value is -1.85. The van der Waals surface area contributed by atoms with Gasteiger partial charge in [-0.1, -0.05) is 0 Å². The third-order valence-electron chi connectivity index (χ3n) is 2.45. The van der Waals surface area contributed by atoms with Crippen LogP contribution in [0.5, 0.6) is 0 Å². The van der Waals surface area contributed by atoms with Crippen LogP contribution in [0.4, 0.5) is 0 Å². The summed E-state index contributed by atoms with van der Waals surface area (Å²) in [7, 11) is 1.85. The molecule has 0 aliphatic rings. The quantitative estimate of drug-likeness (QED) is 0.795. The van der Waals surface area contributed by atoms with E-state index in [1.807, 2.05) is 19.3 Å². The maximum absolute atomic E-state index is 11.6. The maximum Gasteiger partial charge on any atom is 0.306 e. The molecule has 0 spiro atoms. The third-order valence-corrected chi connectivity index (χ3v) is 2.45. The van der Waals surface area contributed by atoms with Crippen LogP contribution in [-0.4, -0.2) is 33.8 Å². The first-order valence-electron chi connectivity index (χ1n) is 6.73. The summed E-state index contributed by atoms with van der Waals surface area (Å²) in [5, 5.41) is 6.98. The predicted molar refractivity (Wildman–Crippen MR) is 75.0 cm³/mol. The molecule has 0 fully saturated rings. The molecule has 0 aliphatic heterocycles. The molecule has 0 radical (unpaired) electrons. The van der Waals surface area contributed by atoms with Crippen LogP contribution in [0.2, 0.25) is 0 Å². The summed E-state index contributed by atoms with van der Waals surface area (Å²) in [5.74, 6) is -0.496. The Balaban J connectivity index is 2.16. The van der Waals surface area contributed by atoms with Gasteiger partial charge in [0, 0.05) is 32.6 Å². The molecule has 6 nitrogen and oxygen atoms in total. The highest BCUT2D eigenvalue weighted by molar-refractivity contribution is 5.81. The topological polar surface area (TPSA) is 73.2 Å². The maximum atomic E-state index is 11.6. The Bertz CT molecular complexity index is 460. The first-order chi connectivity index (χ1) is 9.26. The van der Waals surface area contributed by atoms with Crippen LogP contribution in [0.3, 0.4) is 0 Å². The summed E-state index contributed by atoms with van der Waals surface area (Å²) < 4.78 is 6.85. The number of aryl methyl sites for hydroxylation is 1. The summed E-state index contributed by atoms with van der Waals surface area (Å²) in [6.45, 7) is 5.93. The molecule has 112 valence electrons. The highest BCUT2D eigenvalue weighted by Gasteiger charge is 2.16. The van der Waals surface area contributed by atoms with Gasteiger partial charge >= 0.3 is 5.97 Å². The number of amides is 1. The van der Waals surface area contributed by atoms with Crippen molar-refractivity contribution in [2.75, 3.05) is 6.54 Å². The number of hydrogen-bond donors (Lipinski definition) is 1. The largest absolute Gasteiger partial charge is 0.460 e. The van der Waals surface area contributed by atoms with E-state index < -0.39 is 5.60 Å². The van der Waals surface area contributed by atoms with E-state index >= 15 is 0 Å². The van der Waals surface area contributed by atoms with Crippen LogP contribution in [0, 0.1) is 0 Å². The molecule has 1 amide bonds. The predicted octanol–water partition coefficient (Wildman–Crippen LogP) is 1.20. The van der Waals surface area contributed by atoms with E-state index in [1.54, 1.807) is 25.5 Å². The van der Waals surface area contributed by atoms with Crippen molar-refractivity contribution < 1.29 is 14.3 Å². The lowest BCUT2D eigenvalue weighted by atomic mass is 10.2. The van der Waals surface area contributed by atoms with Crippen LogP contribution in [0.25, 0.3) is 0 Å². The van der Waals surface area contributed by atoms with Gasteiger partial charge in [0.05, 0.1) is 12.1 Å². The van der Waals surface area contributed by atoms with Gasteiger partial charge in [0.1, 0.15) is 5.60 Å². The van der Waals surface area contributed by atoms with Gasteiger partial charge in [-0.05, 0) is 26.8 Å². The normalized spacial score (nSPS) is 11.2. The van der Waals surface area contributed by atoms with Crippen LogP contribution in [0.1, 0.15) is 39.3 Å². The van der Waals surface area contributed by atoms with Gasteiger partial charge in [-0.25, -0.2) is 0 Å². The molecule has 1 heterocycles. The second kappa shape index (κ2) is 7.07. The minimum atomic E-state index is -0.507. The van der Waals surface area contributed by atoms with E-state index in [1.165, 1.54) is 0 Å². The van der Waals surface area contributed by atoms with Gasteiger partial charge in [0.2, 0.25) is 5.91 Å². The van der Waals surface area contributed by atoms with Crippen molar-refractivity contribution in [2.45, 2.75) is 45.6 Å². The molecule has 0 aromatic carbocycles. The molecular formula is C14H23N3O3. The van der Waals surface area contributed by atoms with E-state index in [4.69, 9.17) is 4.74 Å². The average molecular weight is 281 g/mol. The van der Waals surface area contributed by atoms with E-state index in [0.29, 0.717) is 13.0 Å². The van der Waals surface area contributed by atoms with Gasteiger partial charge < -0.3 is 10.1 Å². The zero-order valence-corrected chi connectivity index (χ0v) is 12.6. The fraction of sp³-hybridized carbons (Fsp3) is 0.643. The Labute approximate surface area is 119 Å². The standard InChI is InChI=1S/C14H23N3O3/c1-14(2,3)20-13(19)6-5-12(18)15-9-7-11-8-10-17(4)16-11/h8,10H,5-7,9H2,1-4H3,(H,15,18). The lowest BCUT2D eigenvalue weighted by molar-refractivity contribution is -0.155. The number of nitrogens with one attached hydrogen (secondary N) is 1. The first kappa shape index (κ1) is 16.2. The van der Waals surface area contributed by atoms with Crippen molar-refractivity contribution in [1.82, 2.24) is 15.1 Å². The summed E-state index contributed by atoms with van der Waals surface area (Å²) in [5.41, 5.74) is 0.423. The number of carbonyl (C=O) groups excluding carboxylic acids is 2. The van der Waals surface area contributed by atoms with Crippen LogP contribution >= 0.6 is 0 Å². The second-order valence-corrected chi connectivity index (χ2v) is 5.67. The van der Waals surface area contributed by atoms with Crippen molar-refractivity contribution in [3.63, 3.8) is 0 Å². The molecule has 6 heteroatoms. The van der Waals surface area contributed by atoms with Gasteiger partial charge in [-0.2, -0.15) is 5.10 Å². The molecule has 0 atom stereocenters. The molecular weight excluding hydrogens is 258 g/mol. The molecule has 0 bridgehead atoms. The zero-order chi connectivity index (χ0) is 15.2. The monoisotopic (exact) mass is 281 g/mol. The zero-order valence-electron chi connectivity index (χ0n) is 12.6. The number of nitrogens with zero attached hydrogens (tertiary/aromatic N) is 2. The van der Waals surface area contributed by atoms with Crippen molar-refractivity contribution in [3.05, 3.63) is 18.0 Å². The van der Waals surface area contributed by atoms with Crippen LogP contribution in [-0.2, 0) is 27.8 Å². The number of esters is 1. The molecule has 1 aromatic heterocycles. The highest BCUT2D eigenvalue weighted by Crippen LogP contribution is 2.08. The fourth-order valence-electron chi connectivity index (χ4n) is 1.62. The number of ether oxygens (including phenoxy) is 1. The first-order valence-corrected chi connectivity index (χ1v) is 6.73. The Morgan fingerprint density at radius 2 is 2.05 bits per heavy atom. The van der Waals surface area contributed by atoms with Gasteiger partial charge in [-0.3, -0.25) is 14.3 Å². The minimum Gasteiger partial charge on any atom is -0.460 e. The van der Waals surface area contributed by atoms with Crippen molar-refractivity contribution >= 4 is 11.9 Å². The molecule has 0 unspecified atom stereocenters. The SMILES string of the molecule is Cn1ccc(CCNC(=O)CCC(=O)OC(C)(C)C)n1. The van der Waals surface area contributed by atoms with Crippen LogP contribution in [0.15, 0.2) is 12.3 Å². The van der Waals surface area contributed by atoms with Gasteiger partial charge in [0.25, 0.3) is 0 Å². The van der Waals surface area contributed by atoms with Crippen LogP contribution < -0.4 is 5.32 Å². The van der Waals surface area contributed by atoms with E-state index in [0.717, 1.165) is 5.69 Å². The number of carbonyl (C=O) groups is 2. The minimum absolute atomic E-state index is 0.104. The number of aromatic nitrogens is 2. The lowest BCUT2D eigenvalue weighted by Crippen LogP contribution is -2.28. The smallest absolute Gasteiger partial charge is 0.306 e. The number of hydrogen-bond acceptors (Lipinski definition) is 4. The summed E-state index contributed by atoms with van der Waals surface area (Å²) in [6, 6.07) is 1.91. The lowest BCUT2D eigenvalue weighted by Gasteiger charge is -2.19. The summed E-state index contributed by atoms with van der Waals surface area (Å²) >= 11 is 0. The molecule has 0 saturated carbocycles. The third kappa shape index (κ3) is 6.92. The summed E-state index contributed by atoms with van der Waals surface area (Å²) in [6.07, 6.45) is 2.79. The molecule has 20 heavy (non-hydrogen) atoms. The Morgan fingerprint density at radius 3 is 2.60 bits per heavy atom. The molecule has 1 N–H and O–H groups in total.